The Hall–Kier alpha value is -2.58. The zero-order valence-corrected chi connectivity index (χ0v) is 14.5. The molecule has 1 amide bonds. The molecule has 0 fully saturated rings. The van der Waals surface area contributed by atoms with Crippen LogP contribution in [0.1, 0.15) is 27.0 Å². The molecule has 3 aromatic carbocycles. The van der Waals surface area contributed by atoms with Crippen LogP contribution in [0.5, 0.6) is 0 Å². The van der Waals surface area contributed by atoms with Crippen molar-refractivity contribution in [1.29, 1.82) is 0 Å². The topological polar surface area (TPSA) is 20.3 Å². The Bertz CT molecular complexity index is 887. The minimum atomic E-state index is -0.0296. The quantitative estimate of drug-likeness (QED) is 0.560. The van der Waals surface area contributed by atoms with Gasteiger partial charge in [-0.2, -0.15) is 0 Å². The predicted octanol–water partition coefficient (Wildman–Crippen LogP) is 5.50. The molecule has 0 unspecified atom stereocenters. The molecule has 2 nitrogen and oxygen atoms in total. The summed E-state index contributed by atoms with van der Waals surface area (Å²) in [4.78, 5) is 15.4. The summed E-state index contributed by atoms with van der Waals surface area (Å²) in [6.07, 6.45) is 1.85. The fourth-order valence-electron chi connectivity index (χ4n) is 3.46. The van der Waals surface area contributed by atoms with Crippen molar-refractivity contribution in [3.63, 3.8) is 0 Å². The zero-order valence-electron chi connectivity index (χ0n) is 13.8. The smallest absolute Gasteiger partial charge is 0.263 e. The number of halogens is 1. The number of hydrogen-bond acceptors (Lipinski definition) is 1. The van der Waals surface area contributed by atoms with E-state index < -0.39 is 0 Å². The third-order valence-electron chi connectivity index (χ3n) is 4.72. The van der Waals surface area contributed by atoms with E-state index in [9.17, 15) is 4.79 Å². The molecule has 3 aromatic rings. The lowest BCUT2D eigenvalue weighted by atomic mass is 10.0. The van der Waals surface area contributed by atoms with E-state index in [1.165, 1.54) is 11.1 Å². The summed E-state index contributed by atoms with van der Waals surface area (Å²) in [6, 6.07) is 23.9. The van der Waals surface area contributed by atoms with Crippen LogP contribution in [0.3, 0.4) is 0 Å². The molecule has 124 valence electrons. The van der Waals surface area contributed by atoms with Crippen molar-refractivity contribution in [3.05, 3.63) is 95.1 Å². The Balaban J connectivity index is 1.92. The lowest BCUT2D eigenvalue weighted by Gasteiger charge is -2.25. The van der Waals surface area contributed by atoms with Crippen molar-refractivity contribution >= 4 is 28.9 Å². The first-order chi connectivity index (χ1) is 12.3. The number of aryl methyl sites for hydroxylation is 2. The van der Waals surface area contributed by atoms with E-state index in [1.54, 1.807) is 0 Å². The molecule has 0 aliphatic carbocycles. The van der Waals surface area contributed by atoms with Gasteiger partial charge in [-0.1, -0.05) is 54.6 Å². The molecule has 1 aliphatic heterocycles. The van der Waals surface area contributed by atoms with Crippen molar-refractivity contribution in [2.45, 2.75) is 18.7 Å². The molecule has 0 radical (unpaired) electrons. The van der Waals surface area contributed by atoms with Crippen LogP contribution in [0.4, 0.5) is 11.4 Å². The maximum Gasteiger partial charge on any atom is 0.263 e. The maximum atomic E-state index is 13.5. The number of anilines is 2. The summed E-state index contributed by atoms with van der Waals surface area (Å²) in [7, 11) is 0. The van der Waals surface area contributed by atoms with E-state index in [-0.39, 0.29) is 5.91 Å². The van der Waals surface area contributed by atoms with Crippen molar-refractivity contribution in [2.75, 3.05) is 4.90 Å². The Morgan fingerprint density at radius 1 is 0.800 bits per heavy atom. The van der Waals surface area contributed by atoms with Gasteiger partial charge in [0.1, 0.15) is 0 Å². The second-order valence-corrected chi connectivity index (χ2v) is 6.46. The minimum absolute atomic E-state index is 0.0296. The summed E-state index contributed by atoms with van der Waals surface area (Å²) in [6.45, 7) is 0. The van der Waals surface area contributed by atoms with Gasteiger partial charge in [-0.3, -0.25) is 9.69 Å². The van der Waals surface area contributed by atoms with Crippen LogP contribution in [-0.4, -0.2) is 5.91 Å². The van der Waals surface area contributed by atoms with Crippen LogP contribution in [0.2, 0.25) is 0 Å². The first kappa shape index (κ1) is 15.9. The molecule has 1 aliphatic rings. The van der Waals surface area contributed by atoms with Crippen LogP contribution in [-0.2, 0) is 18.7 Å². The van der Waals surface area contributed by atoms with E-state index in [1.807, 2.05) is 65.6 Å². The van der Waals surface area contributed by atoms with Crippen molar-refractivity contribution < 1.29 is 4.79 Å². The number of hydrogen-bond donors (Lipinski definition) is 0. The Morgan fingerprint density at radius 2 is 1.32 bits per heavy atom. The van der Waals surface area contributed by atoms with Gasteiger partial charge in [-0.25, -0.2) is 0 Å². The Morgan fingerprint density at radius 3 is 1.92 bits per heavy atom. The predicted molar refractivity (Wildman–Crippen MR) is 103 cm³/mol. The highest BCUT2D eigenvalue weighted by atomic mass is 35.5. The van der Waals surface area contributed by atoms with Gasteiger partial charge in [0.15, 0.2) is 0 Å². The highest BCUT2D eigenvalue weighted by Crippen LogP contribution is 2.37. The lowest BCUT2D eigenvalue weighted by Crippen LogP contribution is -2.27. The number of carbonyl (C=O) groups excluding carboxylic acids is 1. The third kappa shape index (κ3) is 2.83. The number of alkyl halides is 1. The Labute approximate surface area is 152 Å². The number of rotatable bonds is 2. The van der Waals surface area contributed by atoms with E-state index >= 15 is 0 Å². The van der Waals surface area contributed by atoms with E-state index in [0.717, 1.165) is 29.8 Å². The van der Waals surface area contributed by atoms with Crippen LogP contribution < -0.4 is 4.90 Å². The summed E-state index contributed by atoms with van der Waals surface area (Å²) in [5, 5.41) is 0. The van der Waals surface area contributed by atoms with Gasteiger partial charge in [0.2, 0.25) is 0 Å². The third-order valence-corrected chi connectivity index (χ3v) is 5.01. The summed E-state index contributed by atoms with van der Waals surface area (Å²) in [5.74, 6) is 0.289. The molecule has 25 heavy (non-hydrogen) atoms. The molecule has 0 aromatic heterocycles. The van der Waals surface area contributed by atoms with Gasteiger partial charge >= 0.3 is 0 Å². The molecule has 0 spiro atoms. The lowest BCUT2D eigenvalue weighted by molar-refractivity contribution is 0.0998. The first-order valence-electron chi connectivity index (χ1n) is 8.43. The van der Waals surface area contributed by atoms with Gasteiger partial charge in [0, 0.05) is 11.4 Å². The van der Waals surface area contributed by atoms with Crippen molar-refractivity contribution in [2.24, 2.45) is 0 Å². The number of carbonyl (C=O) groups is 1. The average Bonchev–Trinajstić information content (AvgIpc) is 2.84. The van der Waals surface area contributed by atoms with Gasteiger partial charge in [-0.05, 0) is 47.7 Å². The minimum Gasteiger partial charge on any atom is -0.276 e. The van der Waals surface area contributed by atoms with Crippen molar-refractivity contribution in [1.82, 2.24) is 0 Å². The molecule has 1 heterocycles. The summed E-state index contributed by atoms with van der Waals surface area (Å²) >= 11 is 6.08. The molecule has 0 saturated carbocycles. The van der Waals surface area contributed by atoms with Gasteiger partial charge < -0.3 is 0 Å². The molecule has 0 saturated heterocycles. The second kappa shape index (κ2) is 6.73. The molecule has 0 bridgehead atoms. The number of para-hydroxylation sites is 2. The van der Waals surface area contributed by atoms with Crippen LogP contribution in [0.25, 0.3) is 0 Å². The molecule has 0 atom stereocenters. The van der Waals surface area contributed by atoms with E-state index in [2.05, 4.69) is 12.1 Å². The highest BCUT2D eigenvalue weighted by molar-refractivity contribution is 6.19. The van der Waals surface area contributed by atoms with Gasteiger partial charge in [0.25, 0.3) is 5.91 Å². The molecular weight excluding hydrogens is 330 g/mol. The number of nitrogens with zero attached hydrogens (tertiary/aromatic N) is 1. The van der Waals surface area contributed by atoms with Gasteiger partial charge in [-0.15, -0.1) is 11.6 Å². The Kier molecular flexibility index (Phi) is 4.29. The molecular formula is C22H18ClNO. The second-order valence-electron chi connectivity index (χ2n) is 6.19. The first-order valence-corrected chi connectivity index (χ1v) is 8.97. The van der Waals surface area contributed by atoms with Crippen LogP contribution in [0.15, 0.2) is 72.8 Å². The van der Waals surface area contributed by atoms with E-state index in [4.69, 9.17) is 11.6 Å². The zero-order chi connectivity index (χ0) is 17.2. The fraction of sp³-hybridized carbons (Fsp3) is 0.136. The maximum absolute atomic E-state index is 13.5. The highest BCUT2D eigenvalue weighted by Gasteiger charge is 2.27. The fourth-order valence-corrected chi connectivity index (χ4v) is 3.70. The van der Waals surface area contributed by atoms with Crippen LogP contribution in [0, 0.1) is 0 Å². The number of fused-ring (bicyclic) bond motifs is 2. The number of amides is 1. The molecule has 3 heteroatoms. The largest absolute Gasteiger partial charge is 0.276 e. The van der Waals surface area contributed by atoms with Gasteiger partial charge in [0.05, 0.1) is 11.4 Å². The SMILES string of the molecule is O=C(c1ccccc1CCl)N1c2ccccc2CCc2ccccc21. The summed E-state index contributed by atoms with van der Waals surface area (Å²) < 4.78 is 0. The van der Waals surface area contributed by atoms with Crippen molar-refractivity contribution in [3.8, 4) is 0 Å². The number of benzene rings is 3. The normalized spacial score (nSPS) is 12.9. The standard InChI is InChI=1S/C22H18ClNO/c23-15-18-9-1-4-10-19(18)22(25)24-20-11-5-2-7-16(20)13-14-17-8-3-6-12-21(17)24/h1-12H,13-15H2. The van der Waals surface area contributed by atoms with E-state index in [0.29, 0.717) is 11.4 Å². The monoisotopic (exact) mass is 347 g/mol. The van der Waals surface area contributed by atoms with Crippen LogP contribution >= 0.6 is 11.6 Å². The molecule has 0 N–H and O–H groups in total. The average molecular weight is 348 g/mol. The summed E-state index contributed by atoms with van der Waals surface area (Å²) in [5.41, 5.74) is 5.81. The molecule has 4 rings (SSSR count).